The summed E-state index contributed by atoms with van der Waals surface area (Å²) < 4.78 is 68.7. The summed E-state index contributed by atoms with van der Waals surface area (Å²) in [5, 5.41) is 0.228. The van der Waals surface area contributed by atoms with Crippen LogP contribution in [0.5, 0.6) is 0 Å². The Morgan fingerprint density at radius 3 is 2.34 bits per heavy atom. The van der Waals surface area contributed by atoms with Crippen LogP contribution in [-0.2, 0) is 17.1 Å². The first-order valence-electron chi connectivity index (χ1n) is 8.19. The van der Waals surface area contributed by atoms with E-state index >= 15 is 0 Å². The molecule has 29 heavy (non-hydrogen) atoms. The minimum atomic E-state index is -4.87. The monoisotopic (exact) mass is 445 g/mol. The third-order valence-corrected chi connectivity index (χ3v) is 6.56. The average Bonchev–Trinajstić information content (AvgIpc) is 2.65. The lowest BCUT2D eigenvalue weighted by Gasteiger charge is -2.29. The number of sulfonamides is 1. The van der Waals surface area contributed by atoms with Gasteiger partial charge in [0.2, 0.25) is 10.0 Å². The lowest BCUT2D eigenvalue weighted by molar-refractivity contribution is -0.171. The van der Waals surface area contributed by atoms with Crippen LogP contribution in [0.2, 0.25) is 5.02 Å². The third kappa shape index (κ3) is 4.00. The van der Waals surface area contributed by atoms with Crippen LogP contribution >= 0.6 is 11.6 Å². The molecule has 0 aliphatic heterocycles. The van der Waals surface area contributed by atoms with E-state index in [0.717, 1.165) is 37.5 Å². The molecule has 11 heteroatoms. The molecule has 0 fully saturated rings. The number of hydrogen-bond acceptors (Lipinski definition) is 4. The largest absolute Gasteiger partial charge is 0.409 e. The Bertz CT molecular complexity index is 1230. The predicted molar refractivity (Wildman–Crippen MR) is 102 cm³/mol. The van der Waals surface area contributed by atoms with Gasteiger partial charge in [0.1, 0.15) is 6.04 Å². The van der Waals surface area contributed by atoms with Gasteiger partial charge in [0.05, 0.1) is 22.1 Å². The van der Waals surface area contributed by atoms with E-state index in [2.05, 4.69) is 4.98 Å². The van der Waals surface area contributed by atoms with E-state index in [1.165, 1.54) is 29.8 Å². The first-order chi connectivity index (χ1) is 13.4. The summed E-state index contributed by atoms with van der Waals surface area (Å²) in [5.74, 6) is 0. The molecule has 0 saturated heterocycles. The van der Waals surface area contributed by atoms with Crippen LogP contribution in [0.1, 0.15) is 11.6 Å². The summed E-state index contributed by atoms with van der Waals surface area (Å²) in [6.45, 7) is 0. The summed E-state index contributed by atoms with van der Waals surface area (Å²) in [4.78, 5) is 15.2. The van der Waals surface area contributed by atoms with Crippen molar-refractivity contribution in [1.82, 2.24) is 13.9 Å². The van der Waals surface area contributed by atoms with Crippen molar-refractivity contribution in [2.75, 3.05) is 7.05 Å². The van der Waals surface area contributed by atoms with Crippen molar-refractivity contribution in [3.8, 4) is 0 Å². The highest BCUT2D eigenvalue weighted by Gasteiger charge is 2.47. The number of alkyl halides is 3. The van der Waals surface area contributed by atoms with Gasteiger partial charge < -0.3 is 4.57 Å². The number of benzene rings is 2. The molecular formula is C18H15ClF3N3O3S. The van der Waals surface area contributed by atoms with Gasteiger partial charge in [-0.25, -0.2) is 13.4 Å². The molecule has 3 aromatic rings. The van der Waals surface area contributed by atoms with Crippen LogP contribution in [0.4, 0.5) is 13.2 Å². The van der Waals surface area contributed by atoms with Crippen molar-refractivity contribution in [2.45, 2.75) is 17.1 Å². The second-order valence-corrected chi connectivity index (χ2v) is 8.76. The summed E-state index contributed by atoms with van der Waals surface area (Å²) in [5.41, 5.74) is -0.153. The van der Waals surface area contributed by atoms with E-state index in [1.807, 2.05) is 0 Å². The lowest BCUT2D eigenvalue weighted by Crippen LogP contribution is -2.39. The summed E-state index contributed by atoms with van der Waals surface area (Å²) in [6.07, 6.45) is -3.86. The number of rotatable bonds is 4. The Labute approximate surface area is 169 Å². The van der Waals surface area contributed by atoms with Crippen LogP contribution < -0.4 is 5.56 Å². The maximum absolute atomic E-state index is 13.8. The number of fused-ring (bicyclic) bond motifs is 1. The zero-order chi connectivity index (χ0) is 21.6. The van der Waals surface area contributed by atoms with Crippen LogP contribution in [-0.4, -0.2) is 35.5 Å². The number of aromatic nitrogens is 2. The predicted octanol–water partition coefficient (Wildman–Crippen LogP) is 3.51. The average molecular weight is 446 g/mol. The molecule has 1 atom stereocenters. The van der Waals surface area contributed by atoms with Crippen LogP contribution in [0.3, 0.4) is 0 Å². The Morgan fingerprint density at radius 1 is 1.14 bits per heavy atom. The molecule has 2 aromatic carbocycles. The topological polar surface area (TPSA) is 72.3 Å². The normalized spacial score (nSPS) is 13.8. The number of hydrogen-bond donors (Lipinski definition) is 0. The fraction of sp³-hybridized carbons (Fsp3) is 0.222. The van der Waals surface area contributed by atoms with Crippen LogP contribution in [0.25, 0.3) is 11.0 Å². The molecule has 6 nitrogen and oxygen atoms in total. The second kappa shape index (κ2) is 7.43. The molecule has 0 aliphatic rings. The second-order valence-electron chi connectivity index (χ2n) is 6.32. The molecule has 0 aliphatic carbocycles. The number of aryl methyl sites for hydroxylation is 1. The highest BCUT2D eigenvalue weighted by molar-refractivity contribution is 7.89. The zero-order valence-corrected chi connectivity index (χ0v) is 16.8. The summed E-state index contributed by atoms with van der Waals surface area (Å²) in [7, 11) is -2.20. The minimum absolute atomic E-state index is 0.164. The SMILES string of the molecule is CN(C(c1ccc(Cl)cc1)C(F)(F)F)S(=O)(=O)c1ccc2c(c1)ncc(=O)n2C. The Kier molecular flexibility index (Phi) is 5.46. The molecule has 0 bridgehead atoms. The van der Waals surface area contributed by atoms with Gasteiger partial charge in [-0.1, -0.05) is 23.7 Å². The maximum atomic E-state index is 13.8. The zero-order valence-electron chi connectivity index (χ0n) is 15.2. The van der Waals surface area contributed by atoms with Gasteiger partial charge in [-0.05, 0) is 35.9 Å². The highest BCUT2D eigenvalue weighted by atomic mass is 35.5. The molecule has 1 heterocycles. The van der Waals surface area contributed by atoms with Crippen LogP contribution in [0, 0.1) is 0 Å². The van der Waals surface area contributed by atoms with E-state index in [4.69, 9.17) is 11.6 Å². The Morgan fingerprint density at radius 2 is 1.76 bits per heavy atom. The Hall–Kier alpha value is -2.43. The molecule has 0 spiro atoms. The van der Waals surface area contributed by atoms with Crippen molar-refractivity contribution in [1.29, 1.82) is 0 Å². The molecule has 154 valence electrons. The van der Waals surface area contributed by atoms with E-state index in [-0.39, 0.29) is 25.3 Å². The van der Waals surface area contributed by atoms with Crippen molar-refractivity contribution in [2.24, 2.45) is 7.05 Å². The molecule has 1 aromatic heterocycles. The van der Waals surface area contributed by atoms with E-state index in [1.54, 1.807) is 0 Å². The number of nitrogens with zero attached hydrogens (tertiary/aromatic N) is 3. The molecule has 0 saturated carbocycles. The minimum Gasteiger partial charge on any atom is -0.309 e. The highest BCUT2D eigenvalue weighted by Crippen LogP contribution is 2.40. The quantitative estimate of drug-likeness (QED) is 0.616. The maximum Gasteiger partial charge on any atom is 0.409 e. The van der Waals surface area contributed by atoms with Crippen molar-refractivity contribution < 1.29 is 21.6 Å². The first kappa shape index (κ1) is 21.3. The van der Waals surface area contributed by atoms with Gasteiger partial charge in [-0.15, -0.1) is 0 Å². The van der Waals surface area contributed by atoms with Gasteiger partial charge in [-0.2, -0.15) is 17.5 Å². The molecule has 0 N–H and O–H groups in total. The van der Waals surface area contributed by atoms with Gasteiger partial charge >= 0.3 is 6.18 Å². The van der Waals surface area contributed by atoms with Crippen molar-refractivity contribution in [3.05, 3.63) is 69.6 Å². The molecular weight excluding hydrogens is 431 g/mol. The van der Waals surface area contributed by atoms with Gasteiger partial charge in [0.15, 0.2) is 0 Å². The third-order valence-electron chi connectivity index (χ3n) is 4.49. The van der Waals surface area contributed by atoms with E-state index in [0.29, 0.717) is 5.52 Å². The molecule has 3 rings (SSSR count). The lowest BCUT2D eigenvalue weighted by atomic mass is 10.1. The summed E-state index contributed by atoms with van der Waals surface area (Å²) in [6, 6.07) is 5.98. The van der Waals surface area contributed by atoms with Gasteiger partial charge in [0.25, 0.3) is 5.56 Å². The fourth-order valence-electron chi connectivity index (χ4n) is 2.94. The number of halogens is 4. The smallest absolute Gasteiger partial charge is 0.309 e. The molecule has 1 unspecified atom stereocenters. The van der Waals surface area contributed by atoms with Gasteiger partial charge in [-0.3, -0.25) is 4.79 Å². The molecule has 0 radical (unpaired) electrons. The first-order valence-corrected chi connectivity index (χ1v) is 10.0. The van der Waals surface area contributed by atoms with Crippen molar-refractivity contribution >= 4 is 32.7 Å². The molecule has 0 amide bonds. The van der Waals surface area contributed by atoms with E-state index in [9.17, 15) is 26.4 Å². The standard InChI is InChI=1S/C18H15ClF3N3O3S/c1-24-15-8-7-13(9-14(15)23-10-16(24)26)29(27,28)25(2)17(18(20,21)22)11-3-5-12(19)6-4-11/h3-10,17H,1-2H3. The van der Waals surface area contributed by atoms with E-state index < -0.39 is 27.8 Å². The summed E-state index contributed by atoms with van der Waals surface area (Å²) >= 11 is 5.73. The Balaban J connectivity index is 2.11. The van der Waals surface area contributed by atoms with Crippen molar-refractivity contribution in [3.63, 3.8) is 0 Å². The fourth-order valence-corrected chi connectivity index (χ4v) is 4.41. The van der Waals surface area contributed by atoms with Crippen LogP contribution in [0.15, 0.2) is 58.4 Å². The van der Waals surface area contributed by atoms with Gasteiger partial charge in [0, 0.05) is 19.1 Å².